The van der Waals surface area contributed by atoms with E-state index < -0.39 is 0 Å². The summed E-state index contributed by atoms with van der Waals surface area (Å²) in [6.07, 6.45) is 3.00. The minimum atomic E-state index is -0.246. The number of benzene rings is 2. The Morgan fingerprint density at radius 3 is 2.88 bits per heavy atom. The fourth-order valence-corrected chi connectivity index (χ4v) is 3.92. The van der Waals surface area contributed by atoms with Gasteiger partial charge >= 0.3 is 0 Å². The van der Waals surface area contributed by atoms with Gasteiger partial charge in [-0.05, 0) is 51.8 Å². The fraction of sp³-hybridized carbons (Fsp3) is 0.182. The third-order valence-corrected chi connectivity index (χ3v) is 5.82. The van der Waals surface area contributed by atoms with E-state index in [1.54, 1.807) is 36.1 Å². The predicted molar refractivity (Wildman–Crippen MR) is 125 cm³/mol. The molecule has 0 spiro atoms. The lowest BCUT2D eigenvalue weighted by Gasteiger charge is -2.09. The molecular formula is C22H19BrClN5O3. The molecule has 0 saturated carbocycles. The number of carbonyl (C=O) groups is 1. The van der Waals surface area contributed by atoms with Crippen LogP contribution in [0, 0.1) is 0 Å². The highest BCUT2D eigenvalue weighted by Crippen LogP contribution is 2.22. The second kappa shape index (κ2) is 9.54. The number of hydrogen-bond donors (Lipinski definition) is 1. The van der Waals surface area contributed by atoms with Crippen molar-refractivity contribution >= 4 is 44.5 Å². The smallest absolute Gasteiger partial charge is 0.264 e. The Balaban J connectivity index is 1.46. The van der Waals surface area contributed by atoms with Crippen molar-refractivity contribution in [2.24, 2.45) is 0 Å². The number of nitrogens with zero attached hydrogens (tertiary/aromatic N) is 4. The van der Waals surface area contributed by atoms with E-state index in [2.05, 4.69) is 31.3 Å². The van der Waals surface area contributed by atoms with Crippen LogP contribution in [0.15, 0.2) is 64.3 Å². The Morgan fingerprint density at radius 1 is 1.25 bits per heavy atom. The van der Waals surface area contributed by atoms with E-state index in [-0.39, 0.29) is 11.5 Å². The Hall–Kier alpha value is -3.17. The number of carbonyl (C=O) groups excluding carboxylic acids is 1. The van der Waals surface area contributed by atoms with Gasteiger partial charge in [0.1, 0.15) is 17.5 Å². The Labute approximate surface area is 196 Å². The number of rotatable bonds is 7. The van der Waals surface area contributed by atoms with Crippen LogP contribution in [0.2, 0.25) is 5.02 Å². The summed E-state index contributed by atoms with van der Waals surface area (Å²) < 4.78 is 8.96. The lowest BCUT2D eigenvalue weighted by Crippen LogP contribution is -2.28. The first kappa shape index (κ1) is 22.0. The van der Waals surface area contributed by atoms with Crippen LogP contribution in [0.1, 0.15) is 15.9 Å². The van der Waals surface area contributed by atoms with E-state index in [1.807, 2.05) is 18.2 Å². The molecule has 8 nitrogen and oxygen atoms in total. The molecule has 0 saturated heterocycles. The van der Waals surface area contributed by atoms with E-state index in [9.17, 15) is 9.59 Å². The number of halogens is 2. The molecule has 0 unspecified atom stereocenters. The van der Waals surface area contributed by atoms with E-state index in [1.165, 1.54) is 17.1 Å². The van der Waals surface area contributed by atoms with Gasteiger partial charge in [-0.1, -0.05) is 23.7 Å². The molecule has 0 aliphatic carbocycles. The van der Waals surface area contributed by atoms with Gasteiger partial charge in [0.15, 0.2) is 5.65 Å². The minimum absolute atomic E-state index is 0.189. The molecule has 4 aromatic rings. The van der Waals surface area contributed by atoms with Gasteiger partial charge in [-0.2, -0.15) is 5.10 Å². The number of fused-ring (bicyclic) bond motifs is 1. The lowest BCUT2D eigenvalue weighted by molar-refractivity contribution is 0.0951. The van der Waals surface area contributed by atoms with Crippen LogP contribution < -0.4 is 15.6 Å². The highest BCUT2D eigenvalue weighted by Gasteiger charge is 2.13. The molecule has 2 aromatic heterocycles. The van der Waals surface area contributed by atoms with Crippen molar-refractivity contribution in [3.05, 3.63) is 86.0 Å². The van der Waals surface area contributed by atoms with Crippen LogP contribution in [0.4, 0.5) is 0 Å². The molecule has 0 radical (unpaired) electrons. The van der Waals surface area contributed by atoms with Crippen LogP contribution in [0.5, 0.6) is 5.75 Å². The molecule has 32 heavy (non-hydrogen) atoms. The molecular weight excluding hydrogens is 498 g/mol. The van der Waals surface area contributed by atoms with Gasteiger partial charge in [0.2, 0.25) is 0 Å². The molecule has 0 atom stereocenters. The number of methoxy groups -OCH3 is 1. The zero-order valence-corrected chi connectivity index (χ0v) is 19.4. The lowest BCUT2D eigenvalue weighted by atomic mass is 10.2. The first-order chi connectivity index (χ1) is 15.5. The number of nitrogens with one attached hydrogen (secondary N) is 1. The van der Waals surface area contributed by atoms with Crippen LogP contribution in [0.3, 0.4) is 0 Å². The van der Waals surface area contributed by atoms with Gasteiger partial charge in [-0.15, -0.1) is 0 Å². The standard InChI is InChI=1S/C22H19BrClN5O3/c1-32-16-5-6-19(23)17(10-16)21(30)25-7-8-29-20-18(11-27-29)22(31)28(13-26-20)12-14-3-2-4-15(24)9-14/h2-6,9-11,13H,7-8,12H2,1H3,(H,25,30). The summed E-state index contributed by atoms with van der Waals surface area (Å²) in [6, 6.07) is 12.5. The Bertz CT molecular complexity index is 1350. The van der Waals surface area contributed by atoms with Crippen LogP contribution >= 0.6 is 27.5 Å². The molecule has 0 bridgehead atoms. The van der Waals surface area contributed by atoms with Crippen molar-refractivity contribution in [2.75, 3.05) is 13.7 Å². The molecule has 0 aliphatic heterocycles. The van der Waals surface area contributed by atoms with Crippen molar-refractivity contribution in [3.63, 3.8) is 0 Å². The number of aromatic nitrogens is 4. The molecule has 164 valence electrons. The normalized spacial score (nSPS) is 11.0. The van der Waals surface area contributed by atoms with Crippen LogP contribution in [0.25, 0.3) is 11.0 Å². The van der Waals surface area contributed by atoms with E-state index in [0.717, 1.165) is 5.56 Å². The van der Waals surface area contributed by atoms with Gasteiger partial charge in [0.25, 0.3) is 11.5 Å². The molecule has 1 N–H and O–H groups in total. The number of hydrogen-bond acceptors (Lipinski definition) is 5. The second-order valence-corrected chi connectivity index (χ2v) is 8.30. The monoisotopic (exact) mass is 515 g/mol. The van der Waals surface area contributed by atoms with Crippen molar-refractivity contribution in [1.82, 2.24) is 24.6 Å². The maximum Gasteiger partial charge on any atom is 0.264 e. The summed E-state index contributed by atoms with van der Waals surface area (Å²) in [5, 5.41) is 8.15. The topological polar surface area (TPSA) is 91.0 Å². The van der Waals surface area contributed by atoms with Crippen molar-refractivity contribution in [2.45, 2.75) is 13.1 Å². The predicted octanol–water partition coefficient (Wildman–Crippen LogP) is 3.50. The van der Waals surface area contributed by atoms with Crippen molar-refractivity contribution in [1.29, 1.82) is 0 Å². The quantitative estimate of drug-likeness (QED) is 0.406. The maximum atomic E-state index is 12.8. The molecule has 2 heterocycles. The Morgan fingerprint density at radius 2 is 2.09 bits per heavy atom. The summed E-state index contributed by atoms with van der Waals surface area (Å²) in [6.45, 7) is 1.03. The highest BCUT2D eigenvalue weighted by molar-refractivity contribution is 9.10. The van der Waals surface area contributed by atoms with E-state index >= 15 is 0 Å². The van der Waals surface area contributed by atoms with E-state index in [0.29, 0.717) is 51.5 Å². The summed E-state index contributed by atoms with van der Waals surface area (Å²) >= 11 is 9.41. The molecule has 0 fully saturated rings. The number of ether oxygens (including phenoxy) is 1. The van der Waals surface area contributed by atoms with Crippen molar-refractivity contribution in [3.8, 4) is 5.75 Å². The highest BCUT2D eigenvalue weighted by atomic mass is 79.9. The molecule has 1 amide bonds. The Kier molecular flexibility index (Phi) is 6.57. The summed E-state index contributed by atoms with van der Waals surface area (Å²) in [5.74, 6) is 0.346. The van der Waals surface area contributed by atoms with Gasteiger partial charge in [-0.25, -0.2) is 9.67 Å². The van der Waals surface area contributed by atoms with Gasteiger partial charge in [-0.3, -0.25) is 14.2 Å². The first-order valence-electron chi connectivity index (χ1n) is 9.73. The second-order valence-electron chi connectivity index (χ2n) is 7.01. The molecule has 10 heteroatoms. The average Bonchev–Trinajstić information content (AvgIpc) is 3.20. The molecule has 4 rings (SSSR count). The average molecular weight is 517 g/mol. The van der Waals surface area contributed by atoms with Gasteiger partial charge in [0.05, 0.1) is 32.0 Å². The zero-order chi connectivity index (χ0) is 22.7. The van der Waals surface area contributed by atoms with Crippen LogP contribution in [-0.4, -0.2) is 38.9 Å². The largest absolute Gasteiger partial charge is 0.497 e. The number of amides is 1. The third kappa shape index (κ3) is 4.68. The molecule has 2 aromatic carbocycles. The summed E-state index contributed by atoms with van der Waals surface area (Å²) in [5.41, 5.74) is 1.65. The zero-order valence-electron chi connectivity index (χ0n) is 17.1. The van der Waals surface area contributed by atoms with Gasteiger partial charge < -0.3 is 10.1 Å². The summed E-state index contributed by atoms with van der Waals surface area (Å²) in [4.78, 5) is 29.8. The van der Waals surface area contributed by atoms with E-state index in [4.69, 9.17) is 16.3 Å². The summed E-state index contributed by atoms with van der Waals surface area (Å²) in [7, 11) is 1.55. The van der Waals surface area contributed by atoms with Crippen LogP contribution in [-0.2, 0) is 13.1 Å². The van der Waals surface area contributed by atoms with Gasteiger partial charge in [0, 0.05) is 16.0 Å². The third-order valence-electron chi connectivity index (χ3n) is 4.89. The minimum Gasteiger partial charge on any atom is -0.497 e. The first-order valence-corrected chi connectivity index (χ1v) is 10.9. The van der Waals surface area contributed by atoms with Crippen molar-refractivity contribution < 1.29 is 9.53 Å². The SMILES string of the molecule is COc1ccc(Br)c(C(=O)NCCn2ncc3c(=O)n(Cc4cccc(Cl)c4)cnc32)c1. The molecule has 0 aliphatic rings. The fourth-order valence-electron chi connectivity index (χ4n) is 3.28. The maximum absolute atomic E-state index is 12.8.